The number of rotatable bonds is 4. The highest BCUT2D eigenvalue weighted by Crippen LogP contribution is 2.33. The fourth-order valence-corrected chi connectivity index (χ4v) is 2.77. The summed E-state index contributed by atoms with van der Waals surface area (Å²) < 4.78 is 3.38. The Labute approximate surface area is 107 Å². The van der Waals surface area contributed by atoms with Crippen LogP contribution in [0.1, 0.15) is 33.4 Å². The zero-order valence-electron chi connectivity index (χ0n) is 9.57. The van der Waals surface area contributed by atoms with Gasteiger partial charge in [-0.25, -0.2) is 9.59 Å². The van der Waals surface area contributed by atoms with Crippen molar-refractivity contribution in [3.05, 3.63) is 44.8 Å². The van der Waals surface area contributed by atoms with Crippen LogP contribution in [0, 0.1) is 0 Å². The molecule has 94 valence electrons. The standard InChI is InChI=1S/C12H12N2O3S/c15-11(16)10-4-3-9(18-10)7-13-5-6-14(12(13)17)8-1-2-8/h3-6,8H,1-2,7H2,(H,15,16). The Hall–Kier alpha value is -1.82. The van der Waals surface area contributed by atoms with Gasteiger partial charge in [-0.05, 0) is 25.0 Å². The molecule has 0 spiro atoms. The minimum absolute atomic E-state index is 0.0113. The van der Waals surface area contributed by atoms with Crippen molar-refractivity contribution in [2.24, 2.45) is 0 Å². The van der Waals surface area contributed by atoms with E-state index in [4.69, 9.17) is 5.11 Å². The van der Waals surface area contributed by atoms with Crippen LogP contribution in [0.5, 0.6) is 0 Å². The second-order valence-electron chi connectivity index (χ2n) is 4.42. The normalized spacial score (nSPS) is 14.9. The number of imidazole rings is 1. The molecule has 5 nitrogen and oxygen atoms in total. The van der Waals surface area contributed by atoms with E-state index in [9.17, 15) is 9.59 Å². The quantitative estimate of drug-likeness (QED) is 0.915. The van der Waals surface area contributed by atoms with Crippen LogP contribution in [-0.2, 0) is 6.54 Å². The zero-order chi connectivity index (χ0) is 12.7. The van der Waals surface area contributed by atoms with E-state index in [2.05, 4.69) is 0 Å². The van der Waals surface area contributed by atoms with Gasteiger partial charge < -0.3 is 5.11 Å². The average Bonchev–Trinajstić information content (AvgIpc) is 2.95. The molecule has 1 aliphatic rings. The number of aromatic carboxylic acids is 1. The van der Waals surface area contributed by atoms with Gasteiger partial charge >= 0.3 is 11.7 Å². The molecule has 1 N–H and O–H groups in total. The first kappa shape index (κ1) is 11.3. The van der Waals surface area contributed by atoms with E-state index in [-0.39, 0.29) is 5.69 Å². The van der Waals surface area contributed by atoms with E-state index in [1.54, 1.807) is 27.5 Å². The first-order chi connectivity index (χ1) is 8.65. The van der Waals surface area contributed by atoms with Crippen LogP contribution in [0.4, 0.5) is 0 Å². The highest BCUT2D eigenvalue weighted by molar-refractivity contribution is 7.13. The van der Waals surface area contributed by atoms with E-state index in [0.717, 1.165) is 17.7 Å². The predicted molar refractivity (Wildman–Crippen MR) is 67.3 cm³/mol. The van der Waals surface area contributed by atoms with E-state index < -0.39 is 5.97 Å². The van der Waals surface area contributed by atoms with Crippen molar-refractivity contribution in [2.45, 2.75) is 25.4 Å². The van der Waals surface area contributed by atoms with Crippen molar-refractivity contribution >= 4 is 17.3 Å². The third kappa shape index (κ3) is 1.99. The Balaban J connectivity index is 1.83. The lowest BCUT2D eigenvalue weighted by molar-refractivity contribution is 0.0702. The molecule has 0 saturated heterocycles. The van der Waals surface area contributed by atoms with Gasteiger partial charge in [-0.3, -0.25) is 9.13 Å². The number of carboxylic acids is 1. The summed E-state index contributed by atoms with van der Waals surface area (Å²) in [6.07, 6.45) is 5.73. The van der Waals surface area contributed by atoms with E-state index in [1.807, 2.05) is 6.20 Å². The molecular weight excluding hydrogens is 252 g/mol. The van der Waals surface area contributed by atoms with Crippen LogP contribution in [0.3, 0.4) is 0 Å². The van der Waals surface area contributed by atoms with Crippen molar-refractivity contribution in [3.8, 4) is 0 Å². The fourth-order valence-electron chi connectivity index (χ4n) is 1.92. The molecule has 1 saturated carbocycles. The fraction of sp³-hybridized carbons (Fsp3) is 0.333. The molecule has 3 rings (SSSR count). The molecule has 2 aromatic rings. The summed E-state index contributed by atoms with van der Waals surface area (Å²) in [6, 6.07) is 3.71. The molecule has 0 bridgehead atoms. The van der Waals surface area contributed by atoms with Crippen LogP contribution in [0.2, 0.25) is 0 Å². The van der Waals surface area contributed by atoms with Gasteiger partial charge in [-0.2, -0.15) is 0 Å². The highest BCUT2D eigenvalue weighted by Gasteiger charge is 2.25. The summed E-state index contributed by atoms with van der Waals surface area (Å²) in [6.45, 7) is 0.441. The van der Waals surface area contributed by atoms with Gasteiger partial charge in [-0.15, -0.1) is 11.3 Å². The SMILES string of the molecule is O=C(O)c1ccc(Cn2ccn(C3CC3)c2=O)s1. The second-order valence-corrected chi connectivity index (χ2v) is 5.59. The van der Waals surface area contributed by atoms with Gasteiger partial charge in [-0.1, -0.05) is 0 Å². The van der Waals surface area contributed by atoms with Gasteiger partial charge in [0.1, 0.15) is 4.88 Å². The molecule has 6 heteroatoms. The maximum Gasteiger partial charge on any atom is 0.345 e. The summed E-state index contributed by atoms with van der Waals surface area (Å²) >= 11 is 1.21. The van der Waals surface area contributed by atoms with Gasteiger partial charge in [0.15, 0.2) is 0 Å². The second kappa shape index (κ2) is 4.13. The van der Waals surface area contributed by atoms with Gasteiger partial charge in [0.05, 0.1) is 6.54 Å². The van der Waals surface area contributed by atoms with Crippen molar-refractivity contribution < 1.29 is 9.90 Å². The maximum atomic E-state index is 12.0. The Morgan fingerprint density at radius 1 is 1.39 bits per heavy atom. The highest BCUT2D eigenvalue weighted by atomic mass is 32.1. The van der Waals surface area contributed by atoms with Crippen LogP contribution >= 0.6 is 11.3 Å². The van der Waals surface area contributed by atoms with Crippen LogP contribution in [-0.4, -0.2) is 20.2 Å². The van der Waals surface area contributed by atoms with Crippen molar-refractivity contribution in [2.75, 3.05) is 0 Å². The average molecular weight is 264 g/mol. The molecule has 1 fully saturated rings. The van der Waals surface area contributed by atoms with Gasteiger partial charge in [0, 0.05) is 23.3 Å². The Kier molecular flexibility index (Phi) is 2.59. The van der Waals surface area contributed by atoms with E-state index >= 15 is 0 Å². The number of aromatic nitrogens is 2. The first-order valence-electron chi connectivity index (χ1n) is 5.74. The summed E-state index contributed by atoms with van der Waals surface area (Å²) in [4.78, 5) is 24.0. The third-order valence-corrected chi connectivity index (χ3v) is 4.07. The van der Waals surface area contributed by atoms with Crippen molar-refractivity contribution in [1.82, 2.24) is 9.13 Å². The largest absolute Gasteiger partial charge is 0.477 e. The molecule has 2 aromatic heterocycles. The Bertz CT molecular complexity index is 648. The minimum Gasteiger partial charge on any atom is -0.477 e. The van der Waals surface area contributed by atoms with E-state index in [0.29, 0.717) is 17.5 Å². The van der Waals surface area contributed by atoms with E-state index in [1.165, 1.54) is 11.3 Å². The summed E-state index contributed by atoms with van der Waals surface area (Å²) in [5, 5.41) is 8.84. The number of nitrogens with zero attached hydrogens (tertiary/aromatic N) is 2. The van der Waals surface area contributed by atoms with Crippen molar-refractivity contribution in [1.29, 1.82) is 0 Å². The number of thiophene rings is 1. The molecule has 0 atom stereocenters. The maximum absolute atomic E-state index is 12.0. The summed E-state index contributed by atoms with van der Waals surface area (Å²) in [7, 11) is 0. The molecule has 18 heavy (non-hydrogen) atoms. The molecule has 0 aliphatic heterocycles. The number of hydrogen-bond donors (Lipinski definition) is 1. The smallest absolute Gasteiger partial charge is 0.345 e. The molecular formula is C12H12N2O3S. The topological polar surface area (TPSA) is 64.2 Å². The lowest BCUT2D eigenvalue weighted by Crippen LogP contribution is -2.23. The van der Waals surface area contributed by atoms with Gasteiger partial charge in [0.2, 0.25) is 0 Å². The third-order valence-electron chi connectivity index (χ3n) is 3.01. The van der Waals surface area contributed by atoms with Gasteiger partial charge in [0.25, 0.3) is 0 Å². The van der Waals surface area contributed by atoms with Crippen molar-refractivity contribution in [3.63, 3.8) is 0 Å². The summed E-state index contributed by atoms with van der Waals surface area (Å²) in [5.74, 6) is -0.922. The van der Waals surface area contributed by atoms with Crippen LogP contribution < -0.4 is 5.69 Å². The summed E-state index contributed by atoms with van der Waals surface area (Å²) in [5.41, 5.74) is -0.0113. The monoisotopic (exact) mass is 264 g/mol. The lowest BCUT2D eigenvalue weighted by atomic mass is 10.4. The van der Waals surface area contributed by atoms with Crippen LogP contribution in [0.25, 0.3) is 0 Å². The Morgan fingerprint density at radius 3 is 2.78 bits per heavy atom. The zero-order valence-corrected chi connectivity index (χ0v) is 10.4. The number of carbonyl (C=O) groups is 1. The molecule has 1 aliphatic carbocycles. The van der Waals surface area contributed by atoms with Crippen LogP contribution in [0.15, 0.2) is 29.3 Å². The molecule has 0 unspecified atom stereocenters. The first-order valence-corrected chi connectivity index (χ1v) is 6.56. The molecule has 0 radical (unpaired) electrons. The minimum atomic E-state index is -0.922. The molecule has 0 amide bonds. The number of hydrogen-bond acceptors (Lipinski definition) is 3. The Morgan fingerprint density at radius 2 is 2.17 bits per heavy atom. The molecule has 0 aromatic carbocycles. The lowest BCUT2D eigenvalue weighted by Gasteiger charge is -1.98. The predicted octanol–water partition coefficient (Wildman–Crippen LogP) is 1.79. The molecule has 2 heterocycles. The number of carboxylic acid groups (broad SMARTS) is 1.